The summed E-state index contributed by atoms with van der Waals surface area (Å²) in [7, 11) is 0. The molecule has 10 nitrogen and oxygen atoms in total. The molecule has 3 atom stereocenters. The second kappa shape index (κ2) is 10.8. The van der Waals surface area contributed by atoms with Crippen LogP contribution in [0.1, 0.15) is 43.0 Å². The molecule has 1 unspecified atom stereocenters. The fourth-order valence-electron chi connectivity index (χ4n) is 3.33. The third kappa shape index (κ3) is 6.42. The van der Waals surface area contributed by atoms with Gasteiger partial charge in [-0.25, -0.2) is 0 Å². The van der Waals surface area contributed by atoms with Crippen molar-refractivity contribution in [2.75, 3.05) is 12.3 Å². The zero-order valence-electron chi connectivity index (χ0n) is 17.0. The predicted octanol–water partition coefficient (Wildman–Crippen LogP) is 0.580. The van der Waals surface area contributed by atoms with Crippen molar-refractivity contribution in [3.8, 4) is 0 Å². The summed E-state index contributed by atoms with van der Waals surface area (Å²) in [6.45, 7) is 1.80. The number of likely N-dealkylation sites (tertiary alicyclic amines) is 1. The van der Waals surface area contributed by atoms with Crippen LogP contribution in [0.5, 0.6) is 0 Å². The van der Waals surface area contributed by atoms with Crippen LogP contribution in [0.3, 0.4) is 0 Å². The molecule has 31 heavy (non-hydrogen) atoms. The molecule has 0 saturated carbocycles. The average Bonchev–Trinajstić information content (AvgIpc) is 2.74. The Morgan fingerprint density at radius 2 is 2.00 bits per heavy atom. The number of benzene rings is 1. The largest absolute Gasteiger partial charge is 0.481 e. The van der Waals surface area contributed by atoms with Crippen LogP contribution in [0.25, 0.3) is 0 Å². The standard InChI is InChI=1S/C20H25ClN4O6/c1-11(23-18(29)12-5-6-15(22)14(21)8-12)20(31)25-7-3-2-4-16(25)19(30)24-13(10-26)9-17(27)28/h5-6,8,10-11,13,16H,2-4,7,9,22H2,1H3,(H,23,29)(H,24,30)(H,27,28)/t11-,13-,16?/m0/s1. The molecule has 1 aliphatic heterocycles. The molecule has 1 heterocycles. The highest BCUT2D eigenvalue weighted by Gasteiger charge is 2.35. The van der Waals surface area contributed by atoms with E-state index in [0.717, 1.165) is 0 Å². The number of carbonyl (C=O) groups excluding carboxylic acids is 4. The highest BCUT2D eigenvalue weighted by Crippen LogP contribution is 2.21. The Morgan fingerprint density at radius 3 is 2.61 bits per heavy atom. The Labute approximate surface area is 184 Å². The van der Waals surface area contributed by atoms with E-state index in [1.54, 1.807) is 0 Å². The number of nitrogen functional groups attached to an aromatic ring is 1. The molecular formula is C20H25ClN4O6. The number of carboxylic acid groups (broad SMARTS) is 1. The van der Waals surface area contributed by atoms with E-state index < -0.39 is 48.2 Å². The maximum absolute atomic E-state index is 13.0. The lowest BCUT2D eigenvalue weighted by Gasteiger charge is -2.36. The minimum Gasteiger partial charge on any atom is -0.481 e. The second-order valence-electron chi connectivity index (χ2n) is 7.32. The van der Waals surface area contributed by atoms with Crippen molar-refractivity contribution >= 4 is 47.3 Å². The molecule has 0 aliphatic carbocycles. The Bertz CT molecular complexity index is 877. The lowest BCUT2D eigenvalue weighted by molar-refractivity contribution is -0.144. The number of rotatable bonds is 8. The fraction of sp³-hybridized carbons (Fsp3) is 0.450. The Morgan fingerprint density at radius 1 is 1.29 bits per heavy atom. The van der Waals surface area contributed by atoms with Gasteiger partial charge in [-0.2, -0.15) is 0 Å². The number of aliphatic carboxylic acids is 1. The van der Waals surface area contributed by atoms with Gasteiger partial charge in [0.15, 0.2) is 0 Å². The third-order valence-corrected chi connectivity index (χ3v) is 5.28. The summed E-state index contributed by atoms with van der Waals surface area (Å²) in [5, 5.41) is 14.0. The number of aldehydes is 1. The number of hydrogen-bond acceptors (Lipinski definition) is 6. The smallest absolute Gasteiger partial charge is 0.305 e. The maximum atomic E-state index is 13.0. The van der Waals surface area contributed by atoms with Crippen molar-refractivity contribution in [2.45, 2.75) is 50.7 Å². The molecule has 168 valence electrons. The molecule has 11 heteroatoms. The number of carbonyl (C=O) groups is 5. The van der Waals surface area contributed by atoms with E-state index in [9.17, 15) is 24.0 Å². The number of amides is 3. The Kier molecular flexibility index (Phi) is 8.38. The number of nitrogens with one attached hydrogen (secondary N) is 2. The minimum atomic E-state index is -1.23. The predicted molar refractivity (Wildman–Crippen MR) is 112 cm³/mol. The second-order valence-corrected chi connectivity index (χ2v) is 7.73. The van der Waals surface area contributed by atoms with Crippen molar-refractivity contribution in [1.82, 2.24) is 15.5 Å². The van der Waals surface area contributed by atoms with Crippen molar-refractivity contribution in [1.29, 1.82) is 0 Å². The average molecular weight is 453 g/mol. The van der Waals surface area contributed by atoms with Gasteiger partial charge in [0.25, 0.3) is 5.91 Å². The number of nitrogens with zero attached hydrogens (tertiary/aromatic N) is 1. The highest BCUT2D eigenvalue weighted by molar-refractivity contribution is 6.33. The molecule has 3 amide bonds. The number of nitrogens with two attached hydrogens (primary N) is 1. The molecule has 0 radical (unpaired) electrons. The molecule has 1 aromatic rings. The van der Waals surface area contributed by atoms with Crippen molar-refractivity contribution in [3.63, 3.8) is 0 Å². The van der Waals surface area contributed by atoms with Crippen LogP contribution in [-0.2, 0) is 19.2 Å². The van der Waals surface area contributed by atoms with E-state index in [1.165, 1.54) is 30.0 Å². The number of piperidine rings is 1. The lowest BCUT2D eigenvalue weighted by atomic mass is 9.99. The summed E-state index contributed by atoms with van der Waals surface area (Å²) < 4.78 is 0. The summed E-state index contributed by atoms with van der Waals surface area (Å²) in [5.41, 5.74) is 6.19. The van der Waals surface area contributed by atoms with Gasteiger partial charge < -0.3 is 31.2 Å². The van der Waals surface area contributed by atoms with Crippen LogP contribution < -0.4 is 16.4 Å². The number of halogens is 1. The zero-order valence-corrected chi connectivity index (χ0v) is 17.7. The maximum Gasteiger partial charge on any atom is 0.305 e. The van der Waals surface area contributed by atoms with Crippen molar-refractivity contribution in [3.05, 3.63) is 28.8 Å². The Hall–Kier alpha value is -3.14. The third-order valence-electron chi connectivity index (χ3n) is 4.96. The summed E-state index contributed by atoms with van der Waals surface area (Å²) in [5.74, 6) is -2.82. The van der Waals surface area contributed by atoms with Gasteiger partial charge in [0.05, 0.1) is 23.2 Å². The topological polar surface area (TPSA) is 159 Å². The van der Waals surface area contributed by atoms with Gasteiger partial charge in [-0.3, -0.25) is 19.2 Å². The van der Waals surface area contributed by atoms with Crippen LogP contribution >= 0.6 is 11.6 Å². The minimum absolute atomic E-state index is 0.213. The number of anilines is 1. The lowest BCUT2D eigenvalue weighted by Crippen LogP contribution is -2.58. The quantitative estimate of drug-likeness (QED) is 0.331. The fourth-order valence-corrected chi connectivity index (χ4v) is 3.51. The number of hydrogen-bond donors (Lipinski definition) is 4. The molecule has 2 rings (SSSR count). The first-order chi connectivity index (χ1) is 14.6. The molecule has 1 aromatic carbocycles. The molecule has 1 aliphatic rings. The van der Waals surface area contributed by atoms with Gasteiger partial charge in [-0.1, -0.05) is 11.6 Å². The molecule has 0 spiro atoms. The summed E-state index contributed by atoms with van der Waals surface area (Å²) >= 11 is 5.93. The van der Waals surface area contributed by atoms with Crippen molar-refractivity contribution < 1.29 is 29.1 Å². The molecule has 1 saturated heterocycles. The molecule has 0 aromatic heterocycles. The van der Waals surface area contributed by atoms with E-state index >= 15 is 0 Å². The molecule has 0 bridgehead atoms. The van der Waals surface area contributed by atoms with Gasteiger partial charge in [0.2, 0.25) is 11.8 Å². The molecule has 1 fully saturated rings. The summed E-state index contributed by atoms with van der Waals surface area (Å²) in [4.78, 5) is 61.3. The van der Waals surface area contributed by atoms with Crippen molar-refractivity contribution in [2.24, 2.45) is 0 Å². The van der Waals surface area contributed by atoms with Gasteiger partial charge in [-0.15, -0.1) is 0 Å². The van der Waals surface area contributed by atoms with Gasteiger partial charge in [0, 0.05) is 12.1 Å². The van der Waals surface area contributed by atoms with Gasteiger partial charge in [-0.05, 0) is 44.4 Å². The van der Waals surface area contributed by atoms with Crippen LogP contribution in [0.4, 0.5) is 5.69 Å². The molecule has 5 N–H and O–H groups in total. The number of carboxylic acids is 1. The summed E-state index contributed by atoms with van der Waals surface area (Å²) in [6.07, 6.45) is 1.53. The summed E-state index contributed by atoms with van der Waals surface area (Å²) in [6, 6.07) is 1.38. The van der Waals surface area contributed by atoms with E-state index in [4.69, 9.17) is 22.4 Å². The van der Waals surface area contributed by atoms with E-state index in [0.29, 0.717) is 37.8 Å². The first-order valence-electron chi connectivity index (χ1n) is 9.77. The van der Waals surface area contributed by atoms with Gasteiger partial charge >= 0.3 is 5.97 Å². The van der Waals surface area contributed by atoms with Crippen LogP contribution in [0.2, 0.25) is 5.02 Å². The zero-order chi connectivity index (χ0) is 23.1. The van der Waals surface area contributed by atoms with Crippen LogP contribution in [0.15, 0.2) is 18.2 Å². The monoisotopic (exact) mass is 452 g/mol. The first-order valence-corrected chi connectivity index (χ1v) is 10.2. The van der Waals surface area contributed by atoms with E-state index in [2.05, 4.69) is 10.6 Å². The van der Waals surface area contributed by atoms with Gasteiger partial charge in [0.1, 0.15) is 18.4 Å². The SMILES string of the molecule is C[C@H](NC(=O)c1ccc(N)c(Cl)c1)C(=O)N1CCCCC1C(=O)N[C@H](C=O)CC(=O)O. The Balaban J connectivity index is 2.06. The van der Waals surface area contributed by atoms with Crippen LogP contribution in [-0.4, -0.2) is 64.7 Å². The first kappa shape index (κ1) is 24.1. The normalized spacial score (nSPS) is 17.9. The van der Waals surface area contributed by atoms with E-state index in [1.807, 2.05) is 0 Å². The van der Waals surface area contributed by atoms with E-state index in [-0.39, 0.29) is 10.6 Å². The highest BCUT2D eigenvalue weighted by atomic mass is 35.5. The van der Waals surface area contributed by atoms with Crippen LogP contribution in [0, 0.1) is 0 Å². The molecular weight excluding hydrogens is 428 g/mol.